The van der Waals surface area contributed by atoms with Gasteiger partial charge in [0.15, 0.2) is 5.78 Å². The molecule has 3 amide bonds. The highest BCUT2D eigenvalue weighted by Crippen LogP contribution is 2.46. The van der Waals surface area contributed by atoms with Crippen molar-refractivity contribution in [2.45, 2.75) is 99.8 Å². The second-order valence-electron chi connectivity index (χ2n) is 14.6. The summed E-state index contributed by atoms with van der Waals surface area (Å²) in [6, 6.07) is 12.4. The average Bonchev–Trinajstić information content (AvgIpc) is 3.39. The minimum atomic E-state index is -0.741. The molecule has 0 aromatic heterocycles. The Bertz CT molecular complexity index is 1610. The smallest absolute Gasteiger partial charge is 0.247 e. The summed E-state index contributed by atoms with van der Waals surface area (Å²) >= 11 is 0. The van der Waals surface area contributed by atoms with Gasteiger partial charge in [-0.2, -0.15) is 0 Å². The number of benzene rings is 2. The second kappa shape index (κ2) is 14.2. The predicted octanol–water partition coefficient (Wildman–Crippen LogP) is 3.81. The summed E-state index contributed by atoms with van der Waals surface area (Å²) in [7, 11) is 2.96. The van der Waals surface area contributed by atoms with Crippen molar-refractivity contribution >= 4 is 56.5 Å². The molecule has 0 radical (unpaired) electrons. The highest BCUT2D eigenvalue weighted by molar-refractivity contribution is 8.76. The molecule has 6 N–H and O–H groups in total. The highest BCUT2D eigenvalue weighted by Gasteiger charge is 2.55. The molecule has 4 aliphatic rings. The number of Topliss-reactive ketones (excluding diaryl/α,β-unsaturated/α-hetero) is 1. The molecular weight excluding hydrogens is 665 g/mol. The summed E-state index contributed by atoms with van der Waals surface area (Å²) in [5.74, 6) is -0.898. The second-order valence-corrected chi connectivity index (χ2v) is 16.8. The molecule has 4 saturated heterocycles. The number of hydrogen-bond acceptors (Lipinski definition) is 11. The van der Waals surface area contributed by atoms with Gasteiger partial charge in [0, 0.05) is 15.5 Å². The number of para-hydroxylation sites is 2. The maximum atomic E-state index is 13.9. The van der Waals surface area contributed by atoms with Crippen LogP contribution in [0.25, 0.3) is 0 Å². The molecule has 6 atom stereocenters. The molecule has 0 bridgehead atoms. The van der Waals surface area contributed by atoms with Crippen molar-refractivity contribution in [2.75, 3.05) is 30.4 Å². The Morgan fingerprint density at radius 3 is 1.82 bits per heavy atom. The SMILES string of the molecule is CC1(C)C[C@@H]2OCC[C@H](N)C(=O)N2C1C(=O)Nc1ccccc1SSc1ccccc1NCC(=O)[C@@H]1N2C(=O)[C@@H](N)CCO[C@H]2CC1(C)C. The standard InChI is InChI=1S/C35H46N6O6S2/c1-34(2)17-27-40(32(44)20(36)13-15-46-27)29(34)24(42)19-38-22-9-5-7-11-25(22)48-49-26-12-8-6-10-23(26)39-31(43)30-35(3,4)18-28-41(30)33(45)21(37)14-16-47-28/h5-12,20-21,27-30,38H,13-19,36-37H2,1-4H3,(H,39,43)/t20-,21-,27-,28-,29-,30?/m0/s1. The van der Waals surface area contributed by atoms with Crippen molar-refractivity contribution in [1.29, 1.82) is 0 Å². The zero-order valence-electron chi connectivity index (χ0n) is 28.3. The topological polar surface area (TPSA) is 169 Å². The number of ether oxygens (including phenoxy) is 2. The molecule has 4 heterocycles. The first kappa shape index (κ1) is 35.7. The van der Waals surface area contributed by atoms with Gasteiger partial charge in [-0.05, 0) is 60.8 Å². The van der Waals surface area contributed by atoms with Crippen molar-refractivity contribution < 1.29 is 28.7 Å². The van der Waals surface area contributed by atoms with Crippen LogP contribution in [0.1, 0.15) is 53.4 Å². The number of amides is 3. The van der Waals surface area contributed by atoms with Crippen LogP contribution in [0.15, 0.2) is 58.3 Å². The molecule has 0 saturated carbocycles. The first-order valence-electron chi connectivity index (χ1n) is 16.8. The van der Waals surface area contributed by atoms with Gasteiger partial charge in [0.2, 0.25) is 17.7 Å². The van der Waals surface area contributed by atoms with E-state index in [2.05, 4.69) is 10.6 Å². The number of nitrogens with two attached hydrogens (primary N) is 2. The molecule has 14 heteroatoms. The van der Waals surface area contributed by atoms with E-state index in [4.69, 9.17) is 20.9 Å². The fourth-order valence-electron chi connectivity index (χ4n) is 7.48. The minimum absolute atomic E-state index is 0.0233. The zero-order chi connectivity index (χ0) is 35.1. The molecule has 264 valence electrons. The van der Waals surface area contributed by atoms with Gasteiger partial charge in [-0.1, -0.05) is 73.5 Å². The van der Waals surface area contributed by atoms with E-state index in [1.54, 1.807) is 4.90 Å². The van der Waals surface area contributed by atoms with E-state index in [-0.39, 0.29) is 30.0 Å². The minimum Gasteiger partial charge on any atom is -0.377 e. The van der Waals surface area contributed by atoms with Gasteiger partial charge in [-0.15, -0.1) is 0 Å². The molecule has 49 heavy (non-hydrogen) atoms. The molecule has 6 rings (SSSR count). The zero-order valence-corrected chi connectivity index (χ0v) is 30.0. The Morgan fingerprint density at radius 2 is 1.24 bits per heavy atom. The maximum Gasteiger partial charge on any atom is 0.247 e. The number of carbonyl (C=O) groups excluding carboxylic acids is 4. The van der Waals surface area contributed by atoms with Gasteiger partial charge in [0.05, 0.1) is 37.5 Å². The predicted molar refractivity (Wildman–Crippen MR) is 189 cm³/mol. The molecule has 2 aromatic carbocycles. The molecule has 0 spiro atoms. The van der Waals surface area contributed by atoms with Gasteiger partial charge in [-0.3, -0.25) is 19.2 Å². The van der Waals surface area contributed by atoms with E-state index in [1.807, 2.05) is 76.2 Å². The molecule has 12 nitrogen and oxygen atoms in total. The maximum absolute atomic E-state index is 13.9. The van der Waals surface area contributed by atoms with Gasteiger partial charge in [0.1, 0.15) is 24.5 Å². The van der Waals surface area contributed by atoms with Crippen LogP contribution in [0.3, 0.4) is 0 Å². The van der Waals surface area contributed by atoms with Crippen LogP contribution in [0.5, 0.6) is 0 Å². The largest absolute Gasteiger partial charge is 0.377 e. The summed E-state index contributed by atoms with van der Waals surface area (Å²) in [5, 5.41) is 6.40. The van der Waals surface area contributed by atoms with E-state index < -0.39 is 47.5 Å². The van der Waals surface area contributed by atoms with E-state index in [0.29, 0.717) is 44.6 Å². The summed E-state index contributed by atoms with van der Waals surface area (Å²) < 4.78 is 11.9. The third-order valence-corrected chi connectivity index (χ3v) is 12.4. The number of fused-ring (bicyclic) bond motifs is 2. The van der Waals surface area contributed by atoms with Crippen LogP contribution >= 0.6 is 21.6 Å². The number of carbonyl (C=O) groups is 4. The van der Waals surface area contributed by atoms with Crippen LogP contribution < -0.4 is 22.1 Å². The molecular formula is C35H46N6O6S2. The first-order chi connectivity index (χ1) is 23.3. The van der Waals surface area contributed by atoms with Crippen molar-refractivity contribution in [3.63, 3.8) is 0 Å². The summed E-state index contributed by atoms with van der Waals surface area (Å²) in [6.07, 6.45) is 1.01. The number of ketones is 1. The van der Waals surface area contributed by atoms with Crippen LogP contribution in [0.4, 0.5) is 11.4 Å². The Morgan fingerprint density at radius 1 is 0.776 bits per heavy atom. The van der Waals surface area contributed by atoms with Crippen LogP contribution in [-0.4, -0.2) is 89.7 Å². The van der Waals surface area contributed by atoms with Crippen LogP contribution in [0.2, 0.25) is 0 Å². The van der Waals surface area contributed by atoms with Crippen molar-refractivity contribution in [3.05, 3.63) is 48.5 Å². The van der Waals surface area contributed by atoms with Crippen molar-refractivity contribution in [1.82, 2.24) is 9.80 Å². The lowest BCUT2D eigenvalue weighted by molar-refractivity contribution is -0.147. The summed E-state index contributed by atoms with van der Waals surface area (Å²) in [4.78, 5) is 58.8. The van der Waals surface area contributed by atoms with Gasteiger partial charge in [0.25, 0.3) is 0 Å². The number of rotatable bonds is 9. The molecule has 0 aliphatic carbocycles. The van der Waals surface area contributed by atoms with Crippen LogP contribution in [0, 0.1) is 10.8 Å². The fraction of sp³-hybridized carbons (Fsp3) is 0.543. The quantitative estimate of drug-likeness (QED) is 0.279. The molecule has 4 fully saturated rings. The third-order valence-electron chi connectivity index (χ3n) is 9.94. The van der Waals surface area contributed by atoms with E-state index in [1.165, 1.54) is 26.5 Å². The highest BCUT2D eigenvalue weighted by atomic mass is 33.1. The third kappa shape index (κ3) is 7.22. The molecule has 1 unspecified atom stereocenters. The van der Waals surface area contributed by atoms with Crippen molar-refractivity contribution in [2.24, 2.45) is 22.3 Å². The van der Waals surface area contributed by atoms with E-state index >= 15 is 0 Å². The van der Waals surface area contributed by atoms with Gasteiger partial charge < -0.3 is 41.4 Å². The summed E-state index contributed by atoms with van der Waals surface area (Å²) in [6.45, 7) is 8.71. The molecule has 4 aliphatic heterocycles. The van der Waals surface area contributed by atoms with E-state index in [0.717, 1.165) is 15.5 Å². The van der Waals surface area contributed by atoms with Crippen LogP contribution in [-0.2, 0) is 28.7 Å². The lowest BCUT2D eigenvalue weighted by Gasteiger charge is -2.33. The lowest BCUT2D eigenvalue weighted by atomic mass is 9.82. The van der Waals surface area contributed by atoms with Crippen molar-refractivity contribution in [3.8, 4) is 0 Å². The number of nitrogens with zero attached hydrogens (tertiary/aromatic N) is 2. The monoisotopic (exact) mass is 710 g/mol. The van der Waals surface area contributed by atoms with E-state index in [9.17, 15) is 19.2 Å². The Labute approximate surface area is 295 Å². The summed E-state index contributed by atoms with van der Waals surface area (Å²) in [5.41, 5.74) is 12.7. The fourth-order valence-corrected chi connectivity index (χ4v) is 9.78. The Balaban J connectivity index is 1.13. The van der Waals surface area contributed by atoms with Gasteiger partial charge in [-0.25, -0.2) is 0 Å². The normalized spacial score (nSPS) is 29.1. The number of anilines is 2. The molecule has 2 aromatic rings. The Kier molecular flexibility index (Phi) is 10.4. The Hall–Kier alpha value is -3.14. The average molecular weight is 711 g/mol. The lowest BCUT2D eigenvalue weighted by Crippen LogP contribution is -2.54. The number of nitrogens with one attached hydrogen (secondary N) is 2. The van der Waals surface area contributed by atoms with Gasteiger partial charge >= 0.3 is 0 Å². The first-order valence-corrected chi connectivity index (χ1v) is 18.9. The number of hydrogen-bond donors (Lipinski definition) is 4.